The third kappa shape index (κ3) is 7.13. The van der Waals surface area contributed by atoms with Crippen LogP contribution in [0.4, 0.5) is 11.4 Å². The summed E-state index contributed by atoms with van der Waals surface area (Å²) < 4.78 is 0. The van der Waals surface area contributed by atoms with Crippen molar-refractivity contribution in [1.82, 2.24) is 4.90 Å². The van der Waals surface area contributed by atoms with Gasteiger partial charge in [-0.05, 0) is 30.2 Å². The van der Waals surface area contributed by atoms with E-state index >= 15 is 0 Å². The van der Waals surface area contributed by atoms with Crippen molar-refractivity contribution in [1.29, 1.82) is 0 Å². The van der Waals surface area contributed by atoms with E-state index < -0.39 is 0 Å². The molecule has 0 bridgehead atoms. The van der Waals surface area contributed by atoms with Gasteiger partial charge in [0.2, 0.25) is 11.8 Å². The lowest BCUT2D eigenvalue weighted by Gasteiger charge is -2.19. The van der Waals surface area contributed by atoms with Crippen LogP contribution in [0, 0.1) is 5.92 Å². The van der Waals surface area contributed by atoms with Crippen molar-refractivity contribution in [2.24, 2.45) is 5.92 Å². The fraction of sp³-hybridized carbons (Fsp3) is 0.368. The fourth-order valence-corrected chi connectivity index (χ4v) is 2.13. The molecule has 0 aromatic heterocycles. The molecule has 130 valence electrons. The summed E-state index contributed by atoms with van der Waals surface area (Å²) in [7, 11) is 0. The maximum atomic E-state index is 12.1. The lowest BCUT2D eigenvalue weighted by molar-refractivity contribution is -0.128. The van der Waals surface area contributed by atoms with Crippen LogP contribution < -0.4 is 10.6 Å². The van der Waals surface area contributed by atoms with Gasteiger partial charge in [0.15, 0.2) is 0 Å². The highest BCUT2D eigenvalue weighted by atomic mass is 16.2. The van der Waals surface area contributed by atoms with Crippen molar-refractivity contribution in [2.45, 2.75) is 20.3 Å². The number of benzene rings is 1. The quantitative estimate of drug-likeness (QED) is 0.648. The molecule has 0 radical (unpaired) electrons. The summed E-state index contributed by atoms with van der Waals surface area (Å²) in [6, 6.07) is 7.31. The zero-order valence-electron chi connectivity index (χ0n) is 14.5. The Morgan fingerprint density at radius 1 is 1.08 bits per heavy atom. The van der Waals surface area contributed by atoms with Crippen LogP contribution in [0.2, 0.25) is 0 Å². The lowest BCUT2D eigenvalue weighted by atomic mass is 10.1. The molecule has 1 rings (SSSR count). The van der Waals surface area contributed by atoms with Crippen LogP contribution in [0.1, 0.15) is 20.3 Å². The highest BCUT2D eigenvalue weighted by Gasteiger charge is 2.10. The number of carbonyl (C=O) groups excluding carboxylic acids is 2. The van der Waals surface area contributed by atoms with Gasteiger partial charge >= 0.3 is 0 Å². The van der Waals surface area contributed by atoms with Crippen molar-refractivity contribution >= 4 is 23.2 Å². The number of nitrogens with one attached hydrogen (secondary N) is 2. The molecule has 0 atom stereocenters. The number of hydrogen-bond acceptors (Lipinski definition) is 3. The Morgan fingerprint density at radius 3 is 2.12 bits per heavy atom. The molecule has 1 aromatic carbocycles. The molecule has 0 aliphatic heterocycles. The highest BCUT2D eigenvalue weighted by molar-refractivity contribution is 5.91. The van der Waals surface area contributed by atoms with Gasteiger partial charge in [-0.2, -0.15) is 0 Å². The van der Waals surface area contributed by atoms with E-state index in [2.05, 4.69) is 23.8 Å². The van der Waals surface area contributed by atoms with Crippen LogP contribution in [-0.2, 0) is 9.59 Å². The monoisotopic (exact) mass is 329 g/mol. The number of nitrogens with zero attached hydrogens (tertiary/aromatic N) is 1. The van der Waals surface area contributed by atoms with Gasteiger partial charge in [0.1, 0.15) is 0 Å². The van der Waals surface area contributed by atoms with Crippen molar-refractivity contribution in [3.63, 3.8) is 0 Å². The maximum absolute atomic E-state index is 12.1. The molecule has 0 aliphatic rings. The molecule has 24 heavy (non-hydrogen) atoms. The SMILES string of the molecule is C=CCN(CC=C)C(=O)CNc1ccc(NC(=O)CC(C)C)cc1. The van der Waals surface area contributed by atoms with Crippen LogP contribution in [0.3, 0.4) is 0 Å². The van der Waals surface area contributed by atoms with Gasteiger partial charge in [-0.1, -0.05) is 26.0 Å². The molecule has 1 aromatic rings. The summed E-state index contributed by atoms with van der Waals surface area (Å²) in [5, 5.41) is 5.93. The molecule has 0 saturated heterocycles. The lowest BCUT2D eigenvalue weighted by Crippen LogP contribution is -2.35. The zero-order chi connectivity index (χ0) is 17.9. The summed E-state index contributed by atoms with van der Waals surface area (Å²) in [6.45, 7) is 12.5. The fourth-order valence-electron chi connectivity index (χ4n) is 2.13. The average Bonchev–Trinajstić information content (AvgIpc) is 2.53. The number of hydrogen-bond donors (Lipinski definition) is 2. The minimum absolute atomic E-state index is 0.00498. The number of anilines is 2. The van der Waals surface area contributed by atoms with Crippen molar-refractivity contribution in [3.8, 4) is 0 Å². The van der Waals surface area contributed by atoms with Crippen LogP contribution in [0.25, 0.3) is 0 Å². The van der Waals surface area contributed by atoms with E-state index in [1.165, 1.54) is 0 Å². The summed E-state index contributed by atoms with van der Waals surface area (Å²) in [6.07, 6.45) is 3.88. The molecule has 0 heterocycles. The van der Waals surface area contributed by atoms with Gasteiger partial charge < -0.3 is 15.5 Å². The number of rotatable bonds is 10. The molecule has 0 fully saturated rings. The second-order valence-corrected chi connectivity index (χ2v) is 5.95. The molecule has 0 saturated carbocycles. The largest absolute Gasteiger partial charge is 0.376 e. The molecular weight excluding hydrogens is 302 g/mol. The van der Waals surface area contributed by atoms with E-state index in [1.54, 1.807) is 17.1 Å². The summed E-state index contributed by atoms with van der Waals surface area (Å²) in [5.74, 6) is 0.306. The Hall–Kier alpha value is -2.56. The van der Waals surface area contributed by atoms with Crippen molar-refractivity contribution < 1.29 is 9.59 Å². The van der Waals surface area contributed by atoms with E-state index in [0.29, 0.717) is 25.4 Å². The first kappa shape index (κ1) is 19.5. The number of amides is 2. The Bertz CT molecular complexity index is 554. The third-order valence-electron chi connectivity index (χ3n) is 3.26. The first-order valence-electron chi connectivity index (χ1n) is 8.09. The van der Waals surface area contributed by atoms with Crippen LogP contribution in [0.5, 0.6) is 0 Å². The first-order chi connectivity index (χ1) is 11.5. The van der Waals surface area contributed by atoms with Crippen molar-refractivity contribution in [2.75, 3.05) is 30.3 Å². The number of carbonyl (C=O) groups is 2. The average molecular weight is 329 g/mol. The Morgan fingerprint density at radius 2 is 1.62 bits per heavy atom. The zero-order valence-corrected chi connectivity index (χ0v) is 14.5. The normalized spacial score (nSPS) is 10.1. The second-order valence-electron chi connectivity index (χ2n) is 5.95. The van der Waals surface area contributed by atoms with E-state index in [1.807, 2.05) is 38.1 Å². The Kier molecular flexibility index (Phi) is 8.33. The molecule has 0 aliphatic carbocycles. The van der Waals surface area contributed by atoms with E-state index in [-0.39, 0.29) is 18.4 Å². The predicted octanol–water partition coefficient (Wildman–Crippen LogP) is 3.28. The van der Waals surface area contributed by atoms with E-state index in [9.17, 15) is 9.59 Å². The molecule has 0 spiro atoms. The summed E-state index contributed by atoms with van der Waals surface area (Å²) in [4.78, 5) is 25.5. The molecule has 2 N–H and O–H groups in total. The molecular formula is C19H27N3O2. The molecule has 5 heteroatoms. The minimum atomic E-state index is -0.0240. The predicted molar refractivity (Wildman–Crippen MR) is 100.0 cm³/mol. The van der Waals surface area contributed by atoms with Gasteiger partial charge in [-0.25, -0.2) is 0 Å². The van der Waals surface area contributed by atoms with Gasteiger partial charge in [0.25, 0.3) is 0 Å². The molecule has 0 unspecified atom stereocenters. The molecule has 5 nitrogen and oxygen atoms in total. The Balaban J connectivity index is 2.51. The van der Waals surface area contributed by atoms with Gasteiger partial charge in [-0.15, -0.1) is 13.2 Å². The smallest absolute Gasteiger partial charge is 0.242 e. The summed E-state index contributed by atoms with van der Waals surface area (Å²) >= 11 is 0. The maximum Gasteiger partial charge on any atom is 0.242 e. The first-order valence-corrected chi connectivity index (χ1v) is 8.09. The van der Waals surface area contributed by atoms with E-state index in [4.69, 9.17) is 0 Å². The topological polar surface area (TPSA) is 61.4 Å². The van der Waals surface area contributed by atoms with Gasteiger partial charge in [0, 0.05) is 30.9 Å². The summed E-state index contributed by atoms with van der Waals surface area (Å²) in [5.41, 5.74) is 1.57. The minimum Gasteiger partial charge on any atom is -0.376 e. The molecule has 2 amide bonds. The Labute approximate surface area is 144 Å². The second kappa shape index (κ2) is 10.3. The third-order valence-corrected chi connectivity index (χ3v) is 3.26. The highest BCUT2D eigenvalue weighted by Crippen LogP contribution is 2.14. The van der Waals surface area contributed by atoms with Crippen LogP contribution in [-0.4, -0.2) is 36.3 Å². The van der Waals surface area contributed by atoms with Gasteiger partial charge in [-0.3, -0.25) is 9.59 Å². The van der Waals surface area contributed by atoms with Crippen molar-refractivity contribution in [3.05, 3.63) is 49.6 Å². The van der Waals surface area contributed by atoms with Gasteiger partial charge in [0.05, 0.1) is 6.54 Å². The van der Waals surface area contributed by atoms with Crippen LogP contribution in [0.15, 0.2) is 49.6 Å². The van der Waals surface area contributed by atoms with Crippen LogP contribution >= 0.6 is 0 Å². The standard InChI is InChI=1S/C19H27N3O2/c1-5-11-22(12-6-2)19(24)14-20-16-7-9-17(10-8-16)21-18(23)13-15(3)4/h5-10,15,20H,1-2,11-14H2,3-4H3,(H,21,23). The van der Waals surface area contributed by atoms with E-state index in [0.717, 1.165) is 11.4 Å².